The summed E-state index contributed by atoms with van der Waals surface area (Å²) in [5.74, 6) is 0.890. The average molecular weight is 435 g/mol. The molecule has 0 bridgehead atoms. The molecule has 2 heterocycles. The molecule has 8 heteroatoms. The van der Waals surface area contributed by atoms with Gasteiger partial charge in [-0.2, -0.15) is 0 Å². The number of hydrogen-bond donors (Lipinski definition) is 1. The molecule has 0 fully saturated rings. The molecule has 2 aromatic carbocycles. The van der Waals surface area contributed by atoms with Crippen molar-refractivity contribution in [3.63, 3.8) is 0 Å². The SMILES string of the molecule is CCOC(=O)c1ccc2[nH]c(CSc3nnc(-c4ccc(C)cc4)n3C)cc(=O)c2c1. The van der Waals surface area contributed by atoms with Gasteiger partial charge in [0.1, 0.15) is 0 Å². The zero-order valence-electron chi connectivity index (χ0n) is 17.5. The Morgan fingerprint density at radius 1 is 1.13 bits per heavy atom. The lowest BCUT2D eigenvalue weighted by Crippen LogP contribution is -2.08. The Kier molecular flexibility index (Phi) is 5.90. The molecule has 0 aliphatic rings. The van der Waals surface area contributed by atoms with Crippen molar-refractivity contribution < 1.29 is 9.53 Å². The summed E-state index contributed by atoms with van der Waals surface area (Å²) in [6.45, 7) is 4.08. The largest absolute Gasteiger partial charge is 0.462 e. The van der Waals surface area contributed by atoms with Crippen LogP contribution in [0, 0.1) is 6.92 Å². The van der Waals surface area contributed by atoms with Crippen LogP contribution in [0.1, 0.15) is 28.5 Å². The van der Waals surface area contributed by atoms with Gasteiger partial charge in [-0.1, -0.05) is 41.6 Å². The predicted octanol–water partition coefficient (Wildman–Crippen LogP) is 4.10. The van der Waals surface area contributed by atoms with Gasteiger partial charge in [-0.3, -0.25) is 4.79 Å². The first-order chi connectivity index (χ1) is 15.0. The van der Waals surface area contributed by atoms with Gasteiger partial charge >= 0.3 is 5.97 Å². The summed E-state index contributed by atoms with van der Waals surface area (Å²) in [7, 11) is 1.93. The van der Waals surface area contributed by atoms with E-state index in [-0.39, 0.29) is 12.0 Å². The summed E-state index contributed by atoms with van der Waals surface area (Å²) in [5, 5.41) is 9.82. The highest BCUT2D eigenvalue weighted by Crippen LogP contribution is 2.25. The van der Waals surface area contributed by atoms with Crippen molar-refractivity contribution >= 4 is 28.6 Å². The molecule has 2 aromatic heterocycles. The molecular weight excluding hydrogens is 412 g/mol. The van der Waals surface area contributed by atoms with Gasteiger partial charge in [0.15, 0.2) is 16.4 Å². The molecule has 0 saturated heterocycles. The van der Waals surface area contributed by atoms with Crippen LogP contribution in [0.3, 0.4) is 0 Å². The highest BCUT2D eigenvalue weighted by Gasteiger charge is 2.13. The van der Waals surface area contributed by atoms with Crippen LogP contribution in [0.5, 0.6) is 0 Å². The minimum Gasteiger partial charge on any atom is -0.462 e. The van der Waals surface area contributed by atoms with Crippen molar-refractivity contribution in [3.05, 3.63) is 75.6 Å². The van der Waals surface area contributed by atoms with Crippen LogP contribution in [0.4, 0.5) is 0 Å². The molecule has 0 amide bonds. The topological polar surface area (TPSA) is 89.9 Å². The summed E-state index contributed by atoms with van der Waals surface area (Å²) < 4.78 is 6.95. The van der Waals surface area contributed by atoms with Crippen LogP contribution in [-0.4, -0.2) is 32.3 Å². The van der Waals surface area contributed by atoms with Crippen LogP contribution in [0.2, 0.25) is 0 Å². The maximum absolute atomic E-state index is 12.6. The van der Waals surface area contributed by atoms with E-state index in [0.29, 0.717) is 22.2 Å². The molecule has 0 atom stereocenters. The molecular formula is C23H22N4O3S. The van der Waals surface area contributed by atoms with Crippen molar-refractivity contribution in [1.29, 1.82) is 0 Å². The van der Waals surface area contributed by atoms with Gasteiger partial charge in [-0.25, -0.2) is 4.79 Å². The van der Waals surface area contributed by atoms with E-state index in [9.17, 15) is 9.59 Å². The molecule has 0 aliphatic carbocycles. The van der Waals surface area contributed by atoms with Crippen molar-refractivity contribution in [2.45, 2.75) is 24.8 Å². The van der Waals surface area contributed by atoms with E-state index >= 15 is 0 Å². The number of esters is 1. The zero-order chi connectivity index (χ0) is 22.0. The maximum atomic E-state index is 12.6. The number of carbonyl (C=O) groups is 1. The first-order valence-corrected chi connectivity index (χ1v) is 10.9. The number of hydrogen-bond acceptors (Lipinski definition) is 6. The van der Waals surface area contributed by atoms with Crippen molar-refractivity contribution in [1.82, 2.24) is 19.7 Å². The van der Waals surface area contributed by atoms with E-state index in [4.69, 9.17) is 4.74 Å². The molecule has 0 saturated carbocycles. The van der Waals surface area contributed by atoms with Crippen LogP contribution in [0.15, 0.2) is 58.5 Å². The molecule has 7 nitrogen and oxygen atoms in total. The van der Waals surface area contributed by atoms with Gasteiger partial charge in [0, 0.05) is 41.0 Å². The number of fused-ring (bicyclic) bond motifs is 1. The highest BCUT2D eigenvalue weighted by molar-refractivity contribution is 7.98. The van der Waals surface area contributed by atoms with E-state index in [2.05, 4.69) is 15.2 Å². The first-order valence-electron chi connectivity index (χ1n) is 9.88. The quantitative estimate of drug-likeness (QED) is 0.363. The van der Waals surface area contributed by atoms with Gasteiger partial charge in [0.25, 0.3) is 0 Å². The van der Waals surface area contributed by atoms with Crippen molar-refractivity contribution in [2.75, 3.05) is 6.61 Å². The Bertz CT molecular complexity index is 1310. The molecule has 31 heavy (non-hydrogen) atoms. The van der Waals surface area contributed by atoms with Crippen LogP contribution in [-0.2, 0) is 17.5 Å². The first kappa shape index (κ1) is 20.9. The smallest absolute Gasteiger partial charge is 0.338 e. The van der Waals surface area contributed by atoms with Gasteiger partial charge in [-0.15, -0.1) is 10.2 Å². The summed E-state index contributed by atoms with van der Waals surface area (Å²) >= 11 is 1.50. The fourth-order valence-corrected chi connectivity index (χ4v) is 4.08. The van der Waals surface area contributed by atoms with Crippen LogP contribution in [0.25, 0.3) is 22.3 Å². The van der Waals surface area contributed by atoms with Gasteiger partial charge in [0.05, 0.1) is 12.2 Å². The number of aryl methyl sites for hydroxylation is 1. The molecule has 0 aliphatic heterocycles. The average Bonchev–Trinajstić information content (AvgIpc) is 3.13. The number of carbonyl (C=O) groups excluding carboxylic acids is 1. The number of aromatic nitrogens is 4. The zero-order valence-corrected chi connectivity index (χ0v) is 18.3. The molecule has 0 unspecified atom stereocenters. The van der Waals surface area contributed by atoms with Crippen molar-refractivity contribution in [3.8, 4) is 11.4 Å². The number of H-pyrrole nitrogens is 1. The molecule has 4 rings (SSSR count). The van der Waals surface area contributed by atoms with Crippen molar-refractivity contribution in [2.24, 2.45) is 7.05 Å². The Labute approximate surface area is 183 Å². The Balaban J connectivity index is 1.54. The summed E-state index contributed by atoms with van der Waals surface area (Å²) in [6, 6.07) is 14.7. The number of nitrogens with zero attached hydrogens (tertiary/aromatic N) is 3. The fraction of sp³-hybridized carbons (Fsp3) is 0.217. The second-order valence-electron chi connectivity index (χ2n) is 7.16. The standard InChI is InChI=1S/C23H22N4O3S/c1-4-30-22(29)16-9-10-19-18(11-16)20(28)12-17(24-19)13-31-23-26-25-21(27(23)3)15-7-5-14(2)6-8-15/h5-12H,4,13H2,1-3H3,(H,24,28). The number of nitrogens with one attached hydrogen (secondary N) is 1. The lowest BCUT2D eigenvalue weighted by molar-refractivity contribution is 0.0526. The minimum absolute atomic E-state index is 0.145. The summed E-state index contributed by atoms with van der Waals surface area (Å²) in [4.78, 5) is 27.8. The number of rotatable bonds is 6. The Morgan fingerprint density at radius 3 is 2.65 bits per heavy atom. The third-order valence-corrected chi connectivity index (χ3v) is 5.97. The van der Waals surface area contributed by atoms with E-state index in [1.54, 1.807) is 31.2 Å². The number of benzene rings is 2. The van der Waals surface area contributed by atoms with Gasteiger partial charge < -0.3 is 14.3 Å². The molecule has 0 radical (unpaired) electrons. The van der Waals surface area contributed by atoms with Crippen LogP contribution < -0.4 is 5.43 Å². The van der Waals surface area contributed by atoms with E-state index < -0.39 is 5.97 Å². The van der Waals surface area contributed by atoms with E-state index in [1.165, 1.54) is 17.3 Å². The maximum Gasteiger partial charge on any atom is 0.338 e. The number of pyridine rings is 1. The van der Waals surface area contributed by atoms with Gasteiger partial charge in [0.2, 0.25) is 0 Å². The number of thioether (sulfide) groups is 1. The lowest BCUT2D eigenvalue weighted by Gasteiger charge is -2.07. The minimum atomic E-state index is -0.435. The molecule has 1 N–H and O–H groups in total. The van der Waals surface area contributed by atoms with E-state index in [1.807, 2.05) is 42.8 Å². The third kappa shape index (κ3) is 4.39. The summed E-state index contributed by atoms with van der Waals surface area (Å²) in [6.07, 6.45) is 0. The van der Waals surface area contributed by atoms with Gasteiger partial charge in [-0.05, 0) is 32.0 Å². The Morgan fingerprint density at radius 2 is 1.90 bits per heavy atom. The highest BCUT2D eigenvalue weighted by atomic mass is 32.2. The second-order valence-corrected chi connectivity index (χ2v) is 8.10. The normalized spacial score (nSPS) is 11.1. The number of aromatic amines is 1. The van der Waals surface area contributed by atoms with Crippen LogP contribution >= 0.6 is 11.8 Å². The third-order valence-electron chi connectivity index (χ3n) is 4.90. The second kappa shape index (κ2) is 8.77. The van der Waals surface area contributed by atoms with E-state index in [0.717, 1.165) is 22.2 Å². The Hall–Kier alpha value is -3.39. The predicted molar refractivity (Wildman–Crippen MR) is 121 cm³/mol. The fourth-order valence-electron chi connectivity index (χ4n) is 3.26. The number of ether oxygens (including phenoxy) is 1. The molecule has 0 spiro atoms. The molecule has 158 valence electrons. The summed E-state index contributed by atoms with van der Waals surface area (Å²) in [5.41, 5.74) is 3.86. The molecule has 4 aromatic rings. The monoisotopic (exact) mass is 434 g/mol. The lowest BCUT2D eigenvalue weighted by atomic mass is 10.1.